The molecule has 10 nitrogen and oxygen atoms in total. The predicted octanol–water partition coefficient (Wildman–Crippen LogP) is 4.95. The van der Waals surface area contributed by atoms with E-state index in [-0.39, 0.29) is 18.6 Å². The number of carbonyl (C=O) groups is 2. The van der Waals surface area contributed by atoms with E-state index in [0.717, 1.165) is 11.1 Å². The van der Waals surface area contributed by atoms with Crippen LogP contribution in [0, 0.1) is 0 Å². The molecule has 0 unspecified atom stereocenters. The number of aromatic amines is 1. The number of tetrazole rings is 1. The Hall–Kier alpha value is -4.44. The third-order valence-corrected chi connectivity index (χ3v) is 5.40. The summed E-state index contributed by atoms with van der Waals surface area (Å²) in [7, 11) is 0. The molecule has 0 aliphatic carbocycles. The van der Waals surface area contributed by atoms with Crippen molar-refractivity contribution in [1.82, 2.24) is 25.9 Å². The van der Waals surface area contributed by atoms with E-state index in [9.17, 15) is 9.59 Å². The summed E-state index contributed by atoms with van der Waals surface area (Å²) < 4.78 is 5.31. The standard InChI is InChI=1S/C26H26ClN7O3/c1-16(2)28-25(35)23(29-21-10-6-9-18(12-21)24-31-33-34-32-24)19-11-20(27)14-22(13-19)30-26(36)37-15-17-7-4-3-5-8-17/h3-14,16,23,29H,15H2,1-2H3,(H,28,35)(H,30,36)(H,31,32,33,34)/t23-/m1/s1. The van der Waals surface area contributed by atoms with E-state index in [4.69, 9.17) is 16.3 Å². The van der Waals surface area contributed by atoms with E-state index in [1.165, 1.54) is 0 Å². The number of anilines is 2. The molecule has 37 heavy (non-hydrogen) atoms. The summed E-state index contributed by atoms with van der Waals surface area (Å²) in [5.41, 5.74) is 3.18. The second-order valence-electron chi connectivity index (χ2n) is 8.52. The minimum Gasteiger partial charge on any atom is -0.444 e. The van der Waals surface area contributed by atoms with Crippen LogP contribution in [0.5, 0.6) is 0 Å². The van der Waals surface area contributed by atoms with Crippen LogP contribution in [0.25, 0.3) is 11.4 Å². The Kier molecular flexibility index (Phi) is 8.32. The Balaban J connectivity index is 1.55. The van der Waals surface area contributed by atoms with E-state index in [2.05, 4.69) is 36.6 Å². The normalized spacial score (nSPS) is 11.6. The summed E-state index contributed by atoms with van der Waals surface area (Å²) in [6.07, 6.45) is -0.638. The van der Waals surface area contributed by atoms with Crippen LogP contribution in [0.3, 0.4) is 0 Å². The number of H-pyrrole nitrogens is 1. The Morgan fingerprint density at radius 1 is 1.00 bits per heavy atom. The summed E-state index contributed by atoms with van der Waals surface area (Å²) in [5.74, 6) is 0.162. The molecule has 0 radical (unpaired) electrons. The number of ether oxygens (including phenoxy) is 1. The van der Waals surface area contributed by atoms with Crippen molar-refractivity contribution in [2.45, 2.75) is 32.5 Å². The van der Waals surface area contributed by atoms with Crippen molar-refractivity contribution in [2.24, 2.45) is 0 Å². The molecule has 0 saturated heterocycles. The lowest BCUT2D eigenvalue weighted by molar-refractivity contribution is -0.122. The molecule has 0 fully saturated rings. The third-order valence-electron chi connectivity index (χ3n) is 5.18. The van der Waals surface area contributed by atoms with Crippen molar-refractivity contribution in [1.29, 1.82) is 0 Å². The van der Waals surface area contributed by atoms with Crippen LogP contribution in [-0.4, -0.2) is 38.7 Å². The maximum Gasteiger partial charge on any atom is 0.411 e. The lowest BCUT2D eigenvalue weighted by Crippen LogP contribution is -2.37. The van der Waals surface area contributed by atoms with Gasteiger partial charge in [-0.15, -0.1) is 10.2 Å². The zero-order valence-electron chi connectivity index (χ0n) is 20.2. The molecular formula is C26H26ClN7O3. The van der Waals surface area contributed by atoms with Crippen LogP contribution in [-0.2, 0) is 16.1 Å². The quantitative estimate of drug-likeness (QED) is 0.246. The zero-order valence-corrected chi connectivity index (χ0v) is 21.0. The number of hydrogen-bond donors (Lipinski definition) is 4. The smallest absolute Gasteiger partial charge is 0.411 e. The molecule has 4 N–H and O–H groups in total. The first-order chi connectivity index (χ1) is 17.9. The Morgan fingerprint density at radius 2 is 1.81 bits per heavy atom. The van der Waals surface area contributed by atoms with Gasteiger partial charge in [0, 0.05) is 28.0 Å². The fourth-order valence-electron chi connectivity index (χ4n) is 3.60. The molecule has 1 atom stereocenters. The highest BCUT2D eigenvalue weighted by Crippen LogP contribution is 2.28. The molecule has 3 aromatic carbocycles. The number of nitrogens with zero attached hydrogens (tertiary/aromatic N) is 3. The van der Waals surface area contributed by atoms with E-state index in [1.54, 1.807) is 18.2 Å². The monoisotopic (exact) mass is 519 g/mol. The first-order valence-electron chi connectivity index (χ1n) is 11.6. The molecule has 0 aliphatic heterocycles. The molecule has 1 aromatic heterocycles. The highest BCUT2D eigenvalue weighted by atomic mass is 35.5. The third kappa shape index (κ3) is 7.28. The summed E-state index contributed by atoms with van der Waals surface area (Å²) in [4.78, 5) is 25.6. The first kappa shape index (κ1) is 25.6. The molecule has 0 bridgehead atoms. The van der Waals surface area contributed by atoms with Gasteiger partial charge in [0.2, 0.25) is 11.7 Å². The molecule has 0 aliphatic rings. The van der Waals surface area contributed by atoms with E-state index in [1.807, 2.05) is 68.4 Å². The van der Waals surface area contributed by atoms with Gasteiger partial charge < -0.3 is 15.4 Å². The molecule has 0 spiro atoms. The number of nitrogens with one attached hydrogen (secondary N) is 4. The van der Waals surface area contributed by atoms with Gasteiger partial charge in [0.15, 0.2) is 0 Å². The number of benzene rings is 3. The summed E-state index contributed by atoms with van der Waals surface area (Å²) in [6, 6.07) is 20.7. The molecular weight excluding hydrogens is 494 g/mol. The fraction of sp³-hybridized carbons (Fsp3) is 0.192. The highest BCUT2D eigenvalue weighted by molar-refractivity contribution is 6.31. The van der Waals surface area contributed by atoms with E-state index < -0.39 is 12.1 Å². The number of halogens is 1. The maximum atomic E-state index is 13.2. The second-order valence-corrected chi connectivity index (χ2v) is 8.95. The average molecular weight is 520 g/mol. The molecule has 11 heteroatoms. The summed E-state index contributed by atoms with van der Waals surface area (Å²) >= 11 is 6.38. The molecule has 1 heterocycles. The molecule has 4 aromatic rings. The van der Waals surface area contributed by atoms with Crippen LogP contribution in [0.2, 0.25) is 5.02 Å². The van der Waals surface area contributed by atoms with Gasteiger partial charge in [0.25, 0.3) is 0 Å². The van der Waals surface area contributed by atoms with Gasteiger partial charge >= 0.3 is 6.09 Å². The minimum atomic E-state index is -0.817. The molecule has 4 rings (SSSR count). The van der Waals surface area contributed by atoms with Gasteiger partial charge in [-0.3, -0.25) is 10.1 Å². The van der Waals surface area contributed by atoms with Gasteiger partial charge in [-0.05, 0) is 60.5 Å². The predicted molar refractivity (Wildman–Crippen MR) is 141 cm³/mol. The number of amides is 2. The van der Waals surface area contributed by atoms with Gasteiger partial charge in [0.1, 0.15) is 12.6 Å². The van der Waals surface area contributed by atoms with Crippen molar-refractivity contribution < 1.29 is 14.3 Å². The van der Waals surface area contributed by atoms with Gasteiger partial charge in [0.05, 0.1) is 0 Å². The summed E-state index contributed by atoms with van der Waals surface area (Å²) in [6.45, 7) is 3.87. The van der Waals surface area contributed by atoms with Crippen LogP contribution >= 0.6 is 11.6 Å². The van der Waals surface area contributed by atoms with Gasteiger partial charge in [-0.2, -0.15) is 5.21 Å². The Morgan fingerprint density at radius 3 is 2.54 bits per heavy atom. The van der Waals surface area contributed by atoms with Crippen LogP contribution < -0.4 is 16.0 Å². The average Bonchev–Trinajstić information content (AvgIpc) is 3.41. The summed E-state index contributed by atoms with van der Waals surface area (Å²) in [5, 5.41) is 23.2. The van der Waals surface area contributed by atoms with Crippen LogP contribution in [0.1, 0.15) is 31.0 Å². The highest BCUT2D eigenvalue weighted by Gasteiger charge is 2.23. The fourth-order valence-corrected chi connectivity index (χ4v) is 3.84. The Bertz CT molecular complexity index is 1350. The first-order valence-corrected chi connectivity index (χ1v) is 11.9. The maximum absolute atomic E-state index is 13.2. The number of rotatable bonds is 9. The molecule has 0 saturated carbocycles. The number of aromatic nitrogens is 4. The van der Waals surface area contributed by atoms with Gasteiger partial charge in [-0.25, -0.2) is 4.79 Å². The molecule has 190 valence electrons. The van der Waals surface area contributed by atoms with Crippen LogP contribution in [0.15, 0.2) is 72.8 Å². The number of hydrogen-bond acceptors (Lipinski definition) is 7. The van der Waals surface area contributed by atoms with E-state index >= 15 is 0 Å². The largest absolute Gasteiger partial charge is 0.444 e. The van der Waals surface area contributed by atoms with E-state index in [0.29, 0.717) is 27.8 Å². The zero-order chi connectivity index (χ0) is 26.2. The van der Waals surface area contributed by atoms with Crippen molar-refractivity contribution in [3.63, 3.8) is 0 Å². The SMILES string of the molecule is CC(C)NC(=O)[C@H](Nc1cccc(-c2nn[nH]n2)c1)c1cc(Cl)cc(NC(=O)OCc2ccccc2)c1. The Labute approximate surface area is 218 Å². The minimum absolute atomic E-state index is 0.0905. The lowest BCUT2D eigenvalue weighted by atomic mass is 10.0. The van der Waals surface area contributed by atoms with Gasteiger partial charge in [-0.1, -0.05) is 54.1 Å². The topological polar surface area (TPSA) is 134 Å². The van der Waals surface area contributed by atoms with Crippen LogP contribution in [0.4, 0.5) is 16.2 Å². The van der Waals surface area contributed by atoms with Crippen molar-refractivity contribution in [3.05, 3.63) is 88.9 Å². The van der Waals surface area contributed by atoms with Crippen molar-refractivity contribution in [2.75, 3.05) is 10.6 Å². The second kappa shape index (κ2) is 12.0. The molecule has 2 amide bonds. The lowest BCUT2D eigenvalue weighted by Gasteiger charge is -2.22. The number of carbonyl (C=O) groups excluding carboxylic acids is 2. The van der Waals surface area contributed by atoms with Crippen molar-refractivity contribution >= 4 is 35.0 Å². The van der Waals surface area contributed by atoms with Crippen molar-refractivity contribution in [3.8, 4) is 11.4 Å².